The molecule has 3 nitrogen and oxygen atoms in total. The fourth-order valence-corrected chi connectivity index (χ4v) is 1.89. The second-order valence-corrected chi connectivity index (χ2v) is 5.32. The standard InChI is InChI=1S/C15H24N2O/c1-11(2)6-4-7-12(3)17-15(18)13-8-5-9-14(16)10-13/h5,8-12H,4,6-7,16H2,1-3H3,(H,17,18). The summed E-state index contributed by atoms with van der Waals surface area (Å²) >= 11 is 0. The Morgan fingerprint density at radius 1 is 1.28 bits per heavy atom. The van der Waals surface area contributed by atoms with E-state index in [1.165, 1.54) is 6.42 Å². The molecular weight excluding hydrogens is 224 g/mol. The van der Waals surface area contributed by atoms with Gasteiger partial charge in [0.2, 0.25) is 0 Å². The number of nitrogens with one attached hydrogen (secondary N) is 1. The molecule has 0 fully saturated rings. The van der Waals surface area contributed by atoms with Crippen LogP contribution in [0.1, 0.15) is 50.4 Å². The van der Waals surface area contributed by atoms with Gasteiger partial charge in [-0.25, -0.2) is 0 Å². The van der Waals surface area contributed by atoms with Gasteiger partial charge in [-0.15, -0.1) is 0 Å². The summed E-state index contributed by atoms with van der Waals surface area (Å²) in [5.74, 6) is 0.682. The minimum atomic E-state index is -0.0423. The Balaban J connectivity index is 2.40. The van der Waals surface area contributed by atoms with Gasteiger partial charge < -0.3 is 11.1 Å². The lowest BCUT2D eigenvalue weighted by Crippen LogP contribution is -2.32. The molecule has 100 valence electrons. The van der Waals surface area contributed by atoms with E-state index in [1.54, 1.807) is 24.3 Å². The average molecular weight is 248 g/mol. The van der Waals surface area contributed by atoms with E-state index >= 15 is 0 Å². The van der Waals surface area contributed by atoms with Crippen molar-refractivity contribution in [3.8, 4) is 0 Å². The van der Waals surface area contributed by atoms with Gasteiger partial charge in [0.05, 0.1) is 0 Å². The predicted octanol–water partition coefficient (Wildman–Crippen LogP) is 3.21. The van der Waals surface area contributed by atoms with Gasteiger partial charge >= 0.3 is 0 Å². The number of carbonyl (C=O) groups excluding carboxylic acids is 1. The van der Waals surface area contributed by atoms with E-state index in [9.17, 15) is 4.79 Å². The van der Waals surface area contributed by atoms with E-state index in [2.05, 4.69) is 19.2 Å². The molecule has 18 heavy (non-hydrogen) atoms. The van der Waals surface area contributed by atoms with Crippen molar-refractivity contribution in [3.63, 3.8) is 0 Å². The van der Waals surface area contributed by atoms with Crippen molar-refractivity contribution in [2.75, 3.05) is 5.73 Å². The first-order chi connectivity index (χ1) is 8.49. The van der Waals surface area contributed by atoms with E-state index in [4.69, 9.17) is 5.73 Å². The van der Waals surface area contributed by atoms with Crippen LogP contribution in [0.3, 0.4) is 0 Å². The van der Waals surface area contributed by atoms with Gasteiger partial charge in [0.25, 0.3) is 5.91 Å². The van der Waals surface area contributed by atoms with Crippen molar-refractivity contribution in [1.29, 1.82) is 0 Å². The average Bonchev–Trinajstić information content (AvgIpc) is 2.28. The highest BCUT2D eigenvalue weighted by Gasteiger charge is 2.09. The maximum Gasteiger partial charge on any atom is 0.251 e. The first kappa shape index (κ1) is 14.6. The summed E-state index contributed by atoms with van der Waals surface area (Å²) in [5, 5.41) is 3.00. The Labute approximate surface area is 110 Å². The van der Waals surface area contributed by atoms with E-state index in [1.807, 2.05) is 6.92 Å². The summed E-state index contributed by atoms with van der Waals surface area (Å²) in [6, 6.07) is 7.27. The first-order valence-corrected chi connectivity index (χ1v) is 6.65. The van der Waals surface area contributed by atoms with Crippen molar-refractivity contribution in [2.24, 2.45) is 5.92 Å². The van der Waals surface area contributed by atoms with E-state index in [-0.39, 0.29) is 11.9 Å². The second kappa shape index (κ2) is 7.04. The van der Waals surface area contributed by atoms with E-state index in [0.717, 1.165) is 18.8 Å². The number of benzene rings is 1. The number of anilines is 1. The molecule has 0 aromatic heterocycles. The van der Waals surface area contributed by atoms with Crippen molar-refractivity contribution in [2.45, 2.75) is 46.1 Å². The largest absolute Gasteiger partial charge is 0.399 e. The van der Waals surface area contributed by atoms with Crippen molar-refractivity contribution >= 4 is 11.6 Å². The second-order valence-electron chi connectivity index (χ2n) is 5.32. The number of rotatable bonds is 6. The molecule has 1 atom stereocenters. The van der Waals surface area contributed by atoms with Crippen LogP contribution >= 0.6 is 0 Å². The number of hydrogen-bond donors (Lipinski definition) is 2. The maximum absolute atomic E-state index is 11.9. The Kier molecular flexibility index (Phi) is 5.69. The zero-order chi connectivity index (χ0) is 13.5. The molecule has 1 unspecified atom stereocenters. The third-order valence-electron chi connectivity index (χ3n) is 2.94. The maximum atomic E-state index is 11.9. The molecule has 0 saturated carbocycles. The normalized spacial score (nSPS) is 12.4. The molecule has 1 aromatic carbocycles. The number of nitrogens with two attached hydrogens (primary N) is 1. The number of amides is 1. The Hall–Kier alpha value is -1.51. The number of carbonyl (C=O) groups is 1. The lowest BCUT2D eigenvalue weighted by atomic mass is 10.0. The Bertz CT molecular complexity index is 388. The monoisotopic (exact) mass is 248 g/mol. The lowest BCUT2D eigenvalue weighted by molar-refractivity contribution is 0.0938. The van der Waals surface area contributed by atoms with Crippen LogP contribution in [0.25, 0.3) is 0 Å². The molecule has 0 saturated heterocycles. The van der Waals surface area contributed by atoms with Gasteiger partial charge in [-0.05, 0) is 37.5 Å². The van der Waals surface area contributed by atoms with Gasteiger partial charge in [-0.3, -0.25) is 4.79 Å². The molecule has 1 rings (SSSR count). The minimum absolute atomic E-state index is 0.0423. The molecule has 0 aliphatic carbocycles. The van der Waals surface area contributed by atoms with Crippen molar-refractivity contribution in [3.05, 3.63) is 29.8 Å². The Morgan fingerprint density at radius 3 is 2.61 bits per heavy atom. The molecule has 0 heterocycles. The fraction of sp³-hybridized carbons (Fsp3) is 0.533. The van der Waals surface area contributed by atoms with Crippen LogP contribution in [0.2, 0.25) is 0 Å². The summed E-state index contributed by atoms with van der Waals surface area (Å²) in [5.41, 5.74) is 6.91. The molecule has 0 spiro atoms. The van der Waals surface area contributed by atoms with Gasteiger partial charge in [0.1, 0.15) is 0 Å². The molecule has 3 N–H and O–H groups in total. The van der Waals surface area contributed by atoms with E-state index < -0.39 is 0 Å². The first-order valence-electron chi connectivity index (χ1n) is 6.65. The topological polar surface area (TPSA) is 55.1 Å². The fourth-order valence-electron chi connectivity index (χ4n) is 1.89. The van der Waals surface area contributed by atoms with Gasteiger partial charge in [0.15, 0.2) is 0 Å². The highest BCUT2D eigenvalue weighted by molar-refractivity contribution is 5.95. The van der Waals surface area contributed by atoms with Crippen LogP contribution in [-0.2, 0) is 0 Å². The summed E-state index contributed by atoms with van der Waals surface area (Å²) in [7, 11) is 0. The van der Waals surface area contributed by atoms with Crippen molar-refractivity contribution in [1.82, 2.24) is 5.32 Å². The predicted molar refractivity (Wildman–Crippen MR) is 76.5 cm³/mol. The van der Waals surface area contributed by atoms with Crippen LogP contribution in [0.15, 0.2) is 24.3 Å². The third kappa shape index (κ3) is 5.21. The smallest absolute Gasteiger partial charge is 0.251 e. The highest BCUT2D eigenvalue weighted by Crippen LogP contribution is 2.10. The quantitative estimate of drug-likeness (QED) is 0.759. The molecular formula is C15H24N2O. The van der Waals surface area contributed by atoms with Crippen LogP contribution < -0.4 is 11.1 Å². The number of nitrogen functional groups attached to an aromatic ring is 1. The van der Waals surface area contributed by atoms with Gasteiger partial charge in [0, 0.05) is 17.3 Å². The summed E-state index contributed by atoms with van der Waals surface area (Å²) in [4.78, 5) is 11.9. The summed E-state index contributed by atoms with van der Waals surface area (Å²) in [6.07, 6.45) is 3.38. The van der Waals surface area contributed by atoms with Crippen molar-refractivity contribution < 1.29 is 4.79 Å². The molecule has 0 aliphatic rings. The summed E-state index contributed by atoms with van der Waals surface area (Å²) < 4.78 is 0. The third-order valence-corrected chi connectivity index (χ3v) is 2.94. The molecule has 1 amide bonds. The SMILES string of the molecule is CC(C)CCCC(C)NC(=O)c1cccc(N)c1. The molecule has 0 aliphatic heterocycles. The van der Waals surface area contributed by atoms with Crippen LogP contribution in [0, 0.1) is 5.92 Å². The van der Waals surface area contributed by atoms with Crippen LogP contribution in [0.5, 0.6) is 0 Å². The lowest BCUT2D eigenvalue weighted by Gasteiger charge is -2.14. The molecule has 1 aromatic rings. The highest BCUT2D eigenvalue weighted by atomic mass is 16.1. The zero-order valence-electron chi connectivity index (χ0n) is 11.6. The zero-order valence-corrected chi connectivity index (χ0v) is 11.6. The van der Waals surface area contributed by atoms with E-state index in [0.29, 0.717) is 11.3 Å². The summed E-state index contributed by atoms with van der Waals surface area (Å²) in [6.45, 7) is 6.48. The molecule has 0 radical (unpaired) electrons. The van der Waals surface area contributed by atoms with Gasteiger partial charge in [-0.2, -0.15) is 0 Å². The Morgan fingerprint density at radius 2 is 2.00 bits per heavy atom. The number of hydrogen-bond acceptors (Lipinski definition) is 2. The molecule has 0 bridgehead atoms. The molecule has 3 heteroatoms. The van der Waals surface area contributed by atoms with Gasteiger partial charge in [-0.1, -0.05) is 32.8 Å². The van der Waals surface area contributed by atoms with Crippen LogP contribution in [0.4, 0.5) is 5.69 Å². The van der Waals surface area contributed by atoms with Crippen LogP contribution in [-0.4, -0.2) is 11.9 Å². The minimum Gasteiger partial charge on any atom is -0.399 e.